The van der Waals surface area contributed by atoms with Crippen molar-refractivity contribution in [3.63, 3.8) is 0 Å². The van der Waals surface area contributed by atoms with Gasteiger partial charge in [0.05, 0.1) is 6.10 Å². The second-order valence-corrected chi connectivity index (χ2v) is 5.60. The molecule has 0 aromatic heterocycles. The molecule has 144 valence electrons. The van der Waals surface area contributed by atoms with Crippen molar-refractivity contribution in [2.75, 3.05) is 0 Å². The molecule has 1 aromatic carbocycles. The van der Waals surface area contributed by atoms with Crippen molar-refractivity contribution >= 4 is 0 Å². The predicted molar refractivity (Wildman–Crippen MR) is 66.1 cm³/mol. The summed E-state index contributed by atoms with van der Waals surface area (Å²) in [5, 5.41) is 9.82. The van der Waals surface area contributed by atoms with Crippen LogP contribution in [0.1, 0.15) is 36.6 Å². The molecule has 0 fully saturated rings. The summed E-state index contributed by atoms with van der Waals surface area (Å²) in [5.74, 6) is -12.7. The molecule has 1 nitrogen and oxygen atoms in total. The first-order chi connectivity index (χ1) is 11.0. The maximum atomic E-state index is 13.6. The molecule has 0 aliphatic rings. The molecule has 0 saturated heterocycles. The zero-order valence-electron chi connectivity index (χ0n) is 12.6. The van der Waals surface area contributed by atoms with Crippen LogP contribution in [0.3, 0.4) is 0 Å². The Labute approximate surface area is 135 Å². The minimum Gasteiger partial charge on any atom is -0.388 e. The third-order valence-corrected chi connectivity index (χ3v) is 3.42. The van der Waals surface area contributed by atoms with Gasteiger partial charge >= 0.3 is 24.2 Å². The van der Waals surface area contributed by atoms with Crippen molar-refractivity contribution in [3.8, 4) is 0 Å². The first-order valence-corrected chi connectivity index (χ1v) is 6.67. The van der Waals surface area contributed by atoms with Crippen LogP contribution in [0.5, 0.6) is 0 Å². The van der Waals surface area contributed by atoms with Gasteiger partial charge in [-0.2, -0.15) is 43.9 Å². The van der Waals surface area contributed by atoms with E-state index in [0.717, 1.165) is 13.8 Å². The van der Waals surface area contributed by atoms with E-state index in [9.17, 15) is 49.0 Å². The van der Waals surface area contributed by atoms with Crippen LogP contribution < -0.4 is 0 Å². The van der Waals surface area contributed by atoms with Gasteiger partial charge in [-0.05, 0) is 11.5 Å². The van der Waals surface area contributed by atoms with E-state index in [1.807, 2.05) is 0 Å². The van der Waals surface area contributed by atoms with Crippen LogP contribution in [0.15, 0.2) is 18.2 Å². The SMILES string of the molecule is CC(C)C(O)c1c(C(F)(F)C(F)(F)F)cccc1C(F)(F)C(F)(F)F. The van der Waals surface area contributed by atoms with Crippen molar-refractivity contribution in [3.05, 3.63) is 34.9 Å². The van der Waals surface area contributed by atoms with Crippen molar-refractivity contribution in [2.45, 2.75) is 44.1 Å². The number of aliphatic hydroxyl groups is 1. The normalized spacial score (nSPS) is 15.6. The van der Waals surface area contributed by atoms with E-state index in [-0.39, 0.29) is 18.2 Å². The molecule has 0 aliphatic heterocycles. The summed E-state index contributed by atoms with van der Waals surface area (Å²) in [6, 6.07) is 0.343. The van der Waals surface area contributed by atoms with E-state index in [1.165, 1.54) is 0 Å². The molecule has 25 heavy (non-hydrogen) atoms. The highest BCUT2D eigenvalue weighted by Crippen LogP contribution is 2.52. The van der Waals surface area contributed by atoms with E-state index >= 15 is 0 Å². The van der Waals surface area contributed by atoms with Gasteiger partial charge in [0.2, 0.25) is 0 Å². The molecule has 0 saturated carbocycles. The molecular weight excluding hydrogens is 374 g/mol. The Morgan fingerprint density at radius 2 is 1.04 bits per heavy atom. The van der Waals surface area contributed by atoms with Gasteiger partial charge in [-0.25, -0.2) is 0 Å². The lowest BCUT2D eigenvalue weighted by Crippen LogP contribution is -2.39. The maximum Gasteiger partial charge on any atom is 0.458 e. The molecule has 0 radical (unpaired) electrons. The minimum absolute atomic E-state index is 0.0599. The summed E-state index contributed by atoms with van der Waals surface area (Å²) in [6.07, 6.45) is -14.9. The fraction of sp³-hybridized carbons (Fsp3) is 0.571. The lowest BCUT2D eigenvalue weighted by molar-refractivity contribution is -0.293. The Morgan fingerprint density at radius 1 is 0.720 bits per heavy atom. The number of benzene rings is 1. The first kappa shape index (κ1) is 21.5. The third kappa shape index (κ3) is 3.70. The zero-order chi connectivity index (χ0) is 20.0. The topological polar surface area (TPSA) is 20.2 Å². The quantitative estimate of drug-likeness (QED) is 0.660. The van der Waals surface area contributed by atoms with Crippen LogP contribution in [0, 0.1) is 5.92 Å². The van der Waals surface area contributed by atoms with Gasteiger partial charge in [-0.1, -0.05) is 32.0 Å². The number of halogens is 10. The molecule has 1 unspecified atom stereocenters. The highest BCUT2D eigenvalue weighted by molar-refractivity contribution is 5.43. The van der Waals surface area contributed by atoms with Gasteiger partial charge in [0, 0.05) is 11.1 Å². The fourth-order valence-corrected chi connectivity index (χ4v) is 2.07. The van der Waals surface area contributed by atoms with Gasteiger partial charge < -0.3 is 5.11 Å². The highest BCUT2D eigenvalue weighted by atomic mass is 19.4. The molecular formula is C14H12F10O. The van der Waals surface area contributed by atoms with Gasteiger partial charge in [0.15, 0.2) is 0 Å². The van der Waals surface area contributed by atoms with Gasteiger partial charge in [-0.15, -0.1) is 0 Å². The van der Waals surface area contributed by atoms with Crippen molar-refractivity contribution in [2.24, 2.45) is 5.92 Å². The number of hydrogen-bond donors (Lipinski definition) is 1. The third-order valence-electron chi connectivity index (χ3n) is 3.42. The van der Waals surface area contributed by atoms with Crippen LogP contribution in [0.2, 0.25) is 0 Å². The molecule has 1 aromatic rings. The standard InChI is InChI=1S/C14H12F10O/c1-6(2)10(25)9-7(11(15,16)13(19,20)21)4-3-5-8(9)12(17,18)14(22,23)24/h3-6,10,25H,1-2H3. The smallest absolute Gasteiger partial charge is 0.388 e. The summed E-state index contributed by atoms with van der Waals surface area (Å²) >= 11 is 0. The van der Waals surface area contributed by atoms with E-state index in [4.69, 9.17) is 0 Å². The molecule has 11 heteroatoms. The summed E-state index contributed by atoms with van der Waals surface area (Å²) in [6.45, 7) is 2.12. The summed E-state index contributed by atoms with van der Waals surface area (Å²) in [4.78, 5) is 0. The molecule has 0 aliphatic carbocycles. The number of alkyl halides is 10. The second kappa shape index (κ2) is 6.33. The lowest BCUT2D eigenvalue weighted by Gasteiger charge is -2.30. The van der Waals surface area contributed by atoms with Crippen molar-refractivity contribution < 1.29 is 49.0 Å². The van der Waals surface area contributed by atoms with E-state index < -0.39 is 52.9 Å². The molecule has 1 N–H and O–H groups in total. The molecule has 0 amide bonds. The number of aliphatic hydroxyl groups excluding tert-OH is 1. The fourth-order valence-electron chi connectivity index (χ4n) is 2.07. The van der Waals surface area contributed by atoms with Crippen LogP contribution in [-0.2, 0) is 11.8 Å². The van der Waals surface area contributed by atoms with Gasteiger partial charge in [0.25, 0.3) is 0 Å². The van der Waals surface area contributed by atoms with Crippen LogP contribution in [-0.4, -0.2) is 17.5 Å². The average molecular weight is 386 g/mol. The molecule has 1 rings (SSSR count). The number of hydrogen-bond acceptors (Lipinski definition) is 1. The van der Waals surface area contributed by atoms with Crippen LogP contribution in [0.4, 0.5) is 43.9 Å². The molecule has 0 heterocycles. The average Bonchev–Trinajstić information content (AvgIpc) is 2.42. The summed E-state index contributed by atoms with van der Waals surface area (Å²) in [7, 11) is 0. The second-order valence-electron chi connectivity index (χ2n) is 5.60. The highest BCUT2D eigenvalue weighted by Gasteiger charge is 2.63. The first-order valence-electron chi connectivity index (χ1n) is 6.67. The van der Waals surface area contributed by atoms with E-state index in [2.05, 4.69) is 0 Å². The maximum absolute atomic E-state index is 13.6. The van der Waals surface area contributed by atoms with E-state index in [1.54, 1.807) is 0 Å². The monoisotopic (exact) mass is 386 g/mol. The molecule has 0 bridgehead atoms. The van der Waals surface area contributed by atoms with Crippen LogP contribution in [0.25, 0.3) is 0 Å². The van der Waals surface area contributed by atoms with Gasteiger partial charge in [0.1, 0.15) is 0 Å². The largest absolute Gasteiger partial charge is 0.458 e. The Bertz CT molecular complexity index is 571. The summed E-state index contributed by atoms with van der Waals surface area (Å²) in [5.41, 5.74) is -6.09. The lowest BCUT2D eigenvalue weighted by atomic mass is 9.85. The Balaban J connectivity index is 3.88. The van der Waals surface area contributed by atoms with Crippen LogP contribution >= 0.6 is 0 Å². The Morgan fingerprint density at radius 3 is 1.28 bits per heavy atom. The molecule has 0 spiro atoms. The van der Waals surface area contributed by atoms with Crippen molar-refractivity contribution in [1.29, 1.82) is 0 Å². The minimum atomic E-state index is -6.26. The Kier molecular flexibility index (Phi) is 5.45. The van der Waals surface area contributed by atoms with E-state index in [0.29, 0.717) is 0 Å². The van der Waals surface area contributed by atoms with Gasteiger partial charge in [-0.3, -0.25) is 0 Å². The predicted octanol–water partition coefficient (Wildman–Crippen LogP) is 5.68. The molecule has 1 atom stereocenters. The summed E-state index contributed by atoms with van der Waals surface area (Å²) < 4.78 is 130. The van der Waals surface area contributed by atoms with Crippen molar-refractivity contribution in [1.82, 2.24) is 0 Å². The Hall–Kier alpha value is -1.52. The number of rotatable bonds is 4. The zero-order valence-corrected chi connectivity index (χ0v) is 12.6.